The number of quaternary nitrogens is 2. The second-order valence-electron chi connectivity index (χ2n) is 1.80. The van der Waals surface area contributed by atoms with Gasteiger partial charge < -0.3 is 30.0 Å². The zero-order chi connectivity index (χ0) is 12.7. The number of rotatable bonds is 4. The van der Waals surface area contributed by atoms with E-state index in [1.807, 2.05) is 13.8 Å². The molecule has 0 unspecified atom stereocenters. The van der Waals surface area contributed by atoms with Gasteiger partial charge in [-0.3, -0.25) is 8.42 Å². The SMILES string of the molecule is CCOC[NH3+].CCOC[NH3+].O=S(=O)([O-])[O-]. The molecule has 0 saturated carbocycles. The van der Waals surface area contributed by atoms with Crippen LogP contribution in [0.5, 0.6) is 0 Å². The highest BCUT2D eigenvalue weighted by atomic mass is 32.3. The zero-order valence-electron chi connectivity index (χ0n) is 9.10. The maximum Gasteiger partial charge on any atom is 0.178 e. The highest BCUT2D eigenvalue weighted by molar-refractivity contribution is 7.79. The molecule has 15 heavy (non-hydrogen) atoms. The van der Waals surface area contributed by atoms with Crippen LogP contribution in [-0.4, -0.2) is 44.2 Å². The molecule has 0 radical (unpaired) electrons. The van der Waals surface area contributed by atoms with Crippen molar-refractivity contribution >= 4 is 10.4 Å². The molecule has 0 bridgehead atoms. The Labute approximate surface area is 90.1 Å². The van der Waals surface area contributed by atoms with E-state index in [0.29, 0.717) is 13.5 Å². The summed E-state index contributed by atoms with van der Waals surface area (Å²) >= 11 is 0. The molecule has 0 aromatic rings. The molecule has 0 fully saturated rings. The van der Waals surface area contributed by atoms with Crippen molar-refractivity contribution in [3.05, 3.63) is 0 Å². The van der Waals surface area contributed by atoms with E-state index in [9.17, 15) is 0 Å². The van der Waals surface area contributed by atoms with Crippen molar-refractivity contribution in [3.8, 4) is 0 Å². The first-order valence-corrected chi connectivity index (χ1v) is 5.57. The van der Waals surface area contributed by atoms with E-state index in [0.717, 1.165) is 13.2 Å². The van der Waals surface area contributed by atoms with Crippen LogP contribution in [0.3, 0.4) is 0 Å². The first-order valence-electron chi connectivity index (χ1n) is 4.24. The average molecular weight is 248 g/mol. The fourth-order valence-corrected chi connectivity index (χ4v) is 0.289. The Hall–Kier alpha value is -0.290. The second kappa shape index (κ2) is 16.2. The normalized spacial score (nSPS) is 9.47. The fourth-order valence-electron chi connectivity index (χ4n) is 0.289. The van der Waals surface area contributed by atoms with Gasteiger partial charge in [-0.05, 0) is 13.8 Å². The van der Waals surface area contributed by atoms with E-state index in [4.69, 9.17) is 27.0 Å². The van der Waals surface area contributed by atoms with Gasteiger partial charge in [0.2, 0.25) is 0 Å². The third-order valence-corrected chi connectivity index (χ3v) is 0.697. The lowest BCUT2D eigenvalue weighted by atomic mass is 10.9. The molecular formula is C6H20N2O6S. The van der Waals surface area contributed by atoms with E-state index in [2.05, 4.69) is 11.5 Å². The minimum atomic E-state index is -5.17. The molecule has 0 aliphatic rings. The second-order valence-corrected chi connectivity index (χ2v) is 2.62. The molecule has 9 heteroatoms. The summed E-state index contributed by atoms with van der Waals surface area (Å²) in [6, 6.07) is 0. The standard InChI is InChI=1S/2C3H9NO.H2O4S/c2*1-2-5-3-4;1-5(2,3)4/h2*2-4H2,1H3;(H2,1,2,3,4). The summed E-state index contributed by atoms with van der Waals surface area (Å²) in [7, 11) is -5.17. The third kappa shape index (κ3) is 137. The van der Waals surface area contributed by atoms with Gasteiger partial charge in [0.1, 0.15) is 0 Å². The highest BCUT2D eigenvalue weighted by Crippen LogP contribution is 1.58. The molecule has 0 aromatic heterocycles. The van der Waals surface area contributed by atoms with Gasteiger partial charge in [-0.2, -0.15) is 0 Å². The average Bonchev–Trinajstić information content (AvgIpc) is 2.05. The predicted molar refractivity (Wildman–Crippen MR) is 49.2 cm³/mol. The Morgan fingerprint density at radius 2 is 1.20 bits per heavy atom. The highest BCUT2D eigenvalue weighted by Gasteiger charge is 1.67. The smallest absolute Gasteiger partial charge is 0.178 e. The Morgan fingerprint density at radius 1 is 1.00 bits per heavy atom. The van der Waals surface area contributed by atoms with E-state index >= 15 is 0 Å². The largest absolute Gasteiger partial charge is 0.759 e. The van der Waals surface area contributed by atoms with Crippen LogP contribution in [0.4, 0.5) is 0 Å². The van der Waals surface area contributed by atoms with Crippen LogP contribution in [0, 0.1) is 0 Å². The summed E-state index contributed by atoms with van der Waals surface area (Å²) < 4.78 is 43.5. The molecule has 8 nitrogen and oxygen atoms in total. The van der Waals surface area contributed by atoms with Crippen LogP contribution >= 0.6 is 0 Å². The minimum Gasteiger partial charge on any atom is -0.759 e. The van der Waals surface area contributed by atoms with E-state index in [1.165, 1.54) is 0 Å². The molecule has 0 aliphatic carbocycles. The minimum absolute atomic E-state index is 0.594. The summed E-state index contributed by atoms with van der Waals surface area (Å²) in [5, 5.41) is 0. The molecule has 96 valence electrons. The number of ether oxygens (including phenoxy) is 2. The van der Waals surface area contributed by atoms with E-state index in [-0.39, 0.29) is 0 Å². The van der Waals surface area contributed by atoms with Crippen molar-refractivity contribution in [1.29, 1.82) is 0 Å². The molecule has 0 spiro atoms. The van der Waals surface area contributed by atoms with Crippen LogP contribution in [0.15, 0.2) is 0 Å². The van der Waals surface area contributed by atoms with Crippen molar-refractivity contribution in [2.75, 3.05) is 26.7 Å². The Bertz CT molecular complexity index is 166. The van der Waals surface area contributed by atoms with Gasteiger partial charge in [0, 0.05) is 23.6 Å². The van der Waals surface area contributed by atoms with Gasteiger partial charge in [-0.1, -0.05) is 0 Å². The lowest BCUT2D eigenvalue weighted by Crippen LogP contribution is -2.51. The summed E-state index contributed by atoms with van der Waals surface area (Å²) in [5.74, 6) is 0. The first kappa shape index (κ1) is 20.2. The Balaban J connectivity index is -0.000000144. The predicted octanol–water partition coefficient (Wildman–Crippen LogP) is -2.89. The molecule has 0 aliphatic heterocycles. The van der Waals surface area contributed by atoms with E-state index in [1.54, 1.807) is 0 Å². The lowest BCUT2D eigenvalue weighted by molar-refractivity contribution is -0.430. The number of hydrogen-bond acceptors (Lipinski definition) is 6. The van der Waals surface area contributed by atoms with Crippen LogP contribution in [0.2, 0.25) is 0 Å². The van der Waals surface area contributed by atoms with Gasteiger partial charge >= 0.3 is 0 Å². The van der Waals surface area contributed by atoms with Gasteiger partial charge in [0.15, 0.2) is 13.5 Å². The molecular weight excluding hydrogens is 228 g/mol. The topological polar surface area (TPSA) is 154 Å². The van der Waals surface area contributed by atoms with Crippen LogP contribution in [0.25, 0.3) is 0 Å². The van der Waals surface area contributed by atoms with Crippen molar-refractivity contribution in [1.82, 2.24) is 0 Å². The molecule has 0 heterocycles. The Morgan fingerprint density at radius 3 is 1.20 bits per heavy atom. The lowest BCUT2D eigenvalue weighted by Gasteiger charge is -2.06. The summed E-state index contributed by atoms with van der Waals surface area (Å²) in [6.07, 6.45) is 0. The van der Waals surface area contributed by atoms with Crippen molar-refractivity contribution < 1.29 is 38.5 Å². The molecule has 0 amide bonds. The van der Waals surface area contributed by atoms with Gasteiger partial charge in [0.05, 0.1) is 0 Å². The molecule has 0 rings (SSSR count). The summed E-state index contributed by atoms with van der Waals surface area (Å²) in [4.78, 5) is 0. The maximum absolute atomic E-state index is 8.52. The Kier molecular flexibility index (Phi) is 21.7. The number of hydrogen-bond donors (Lipinski definition) is 2. The van der Waals surface area contributed by atoms with Crippen molar-refractivity contribution in [2.45, 2.75) is 13.8 Å². The van der Waals surface area contributed by atoms with Gasteiger partial charge in [-0.15, -0.1) is 0 Å². The third-order valence-electron chi connectivity index (χ3n) is 0.697. The van der Waals surface area contributed by atoms with Gasteiger partial charge in [0.25, 0.3) is 0 Å². The van der Waals surface area contributed by atoms with E-state index < -0.39 is 10.4 Å². The fraction of sp³-hybridized carbons (Fsp3) is 1.00. The van der Waals surface area contributed by atoms with Gasteiger partial charge in [-0.25, -0.2) is 0 Å². The van der Waals surface area contributed by atoms with Crippen LogP contribution in [0.1, 0.15) is 13.8 Å². The first-order chi connectivity index (χ1) is 6.83. The molecule has 6 N–H and O–H groups in total. The van der Waals surface area contributed by atoms with Crippen LogP contribution in [-0.2, 0) is 19.9 Å². The molecule has 0 atom stereocenters. The van der Waals surface area contributed by atoms with Crippen LogP contribution < -0.4 is 11.5 Å². The quantitative estimate of drug-likeness (QED) is 0.309. The van der Waals surface area contributed by atoms with Crippen molar-refractivity contribution in [2.24, 2.45) is 0 Å². The zero-order valence-corrected chi connectivity index (χ0v) is 9.92. The molecule has 0 aromatic carbocycles. The monoisotopic (exact) mass is 248 g/mol. The summed E-state index contributed by atoms with van der Waals surface area (Å²) in [6.45, 7) is 6.65. The summed E-state index contributed by atoms with van der Waals surface area (Å²) in [5.41, 5.74) is 6.91. The maximum atomic E-state index is 8.52. The molecule has 0 saturated heterocycles. The van der Waals surface area contributed by atoms with Crippen molar-refractivity contribution in [3.63, 3.8) is 0 Å².